The van der Waals surface area contributed by atoms with Crippen LogP contribution in [0, 0.1) is 5.92 Å². The second kappa shape index (κ2) is 8.62. The van der Waals surface area contributed by atoms with Crippen LogP contribution in [0.25, 0.3) is 0 Å². The highest BCUT2D eigenvalue weighted by Gasteiger charge is 2.27. The summed E-state index contributed by atoms with van der Waals surface area (Å²) in [5.41, 5.74) is -0.189. The van der Waals surface area contributed by atoms with E-state index in [4.69, 9.17) is 25.8 Å². The number of likely N-dealkylation sites (tertiary alicyclic amines) is 1. The number of piperidine rings is 1. The van der Waals surface area contributed by atoms with Crippen molar-refractivity contribution in [2.45, 2.75) is 39.2 Å². The van der Waals surface area contributed by atoms with Crippen molar-refractivity contribution >= 4 is 23.7 Å². The second-order valence-electron chi connectivity index (χ2n) is 7.35. The molecule has 26 heavy (non-hydrogen) atoms. The van der Waals surface area contributed by atoms with E-state index in [9.17, 15) is 9.59 Å². The maximum atomic E-state index is 12.3. The zero-order valence-electron chi connectivity index (χ0n) is 15.7. The lowest BCUT2D eigenvalue weighted by molar-refractivity contribution is 0.0114. The van der Waals surface area contributed by atoms with Crippen molar-refractivity contribution in [2.24, 2.45) is 5.92 Å². The number of amides is 1. The number of benzene rings is 1. The average Bonchev–Trinajstić information content (AvgIpc) is 2.58. The van der Waals surface area contributed by atoms with E-state index in [-0.39, 0.29) is 12.0 Å². The Bertz CT molecular complexity index is 648. The third-order valence-corrected chi connectivity index (χ3v) is 4.33. The summed E-state index contributed by atoms with van der Waals surface area (Å²) in [5.74, 6) is 0.181. The lowest BCUT2D eigenvalue weighted by Crippen LogP contribution is -2.42. The quantitative estimate of drug-likeness (QED) is 0.730. The van der Waals surface area contributed by atoms with Gasteiger partial charge in [-0.15, -0.1) is 0 Å². The van der Waals surface area contributed by atoms with Gasteiger partial charge in [-0.2, -0.15) is 0 Å². The maximum absolute atomic E-state index is 12.3. The number of hydrogen-bond acceptors (Lipinski definition) is 5. The molecule has 0 radical (unpaired) electrons. The highest BCUT2D eigenvalue weighted by molar-refractivity contribution is 6.31. The number of nitrogens with zero attached hydrogens (tertiary/aromatic N) is 1. The normalized spacial score (nSPS) is 15.5. The Hall–Kier alpha value is -1.95. The van der Waals surface area contributed by atoms with Gasteiger partial charge in [-0.3, -0.25) is 0 Å². The molecular formula is C19H26ClNO5. The lowest BCUT2D eigenvalue weighted by atomic mass is 9.98. The van der Waals surface area contributed by atoms with Gasteiger partial charge in [0.25, 0.3) is 0 Å². The summed E-state index contributed by atoms with van der Waals surface area (Å²) in [7, 11) is 1.49. The first kappa shape index (κ1) is 20.4. The predicted molar refractivity (Wildman–Crippen MR) is 98.8 cm³/mol. The van der Waals surface area contributed by atoms with E-state index in [1.165, 1.54) is 13.2 Å². The molecule has 1 saturated heterocycles. The topological polar surface area (TPSA) is 65.1 Å². The number of carbonyl (C=O) groups excluding carboxylic acids is 2. The Morgan fingerprint density at radius 1 is 1.23 bits per heavy atom. The van der Waals surface area contributed by atoms with E-state index in [0.29, 0.717) is 36.0 Å². The molecule has 0 spiro atoms. The number of ether oxygens (including phenoxy) is 3. The smallest absolute Gasteiger partial charge is 0.410 e. The summed E-state index contributed by atoms with van der Waals surface area (Å²) in [5, 5.41) is 0.448. The van der Waals surface area contributed by atoms with Crippen LogP contribution in [0.1, 0.15) is 44.0 Å². The standard InChI is InChI=1S/C19H26ClNO5/c1-19(2,3)26-18(23)21-9-7-13(8-10-21)12-25-17(22)15-11-14(20)5-6-16(15)24-4/h5-6,11,13H,7-10,12H2,1-4H3. The first-order chi connectivity index (χ1) is 12.2. The number of carbonyl (C=O) groups is 2. The molecule has 1 aliphatic heterocycles. The molecule has 1 fully saturated rings. The molecular weight excluding hydrogens is 358 g/mol. The monoisotopic (exact) mass is 383 g/mol. The molecule has 1 amide bonds. The Labute approximate surface area is 159 Å². The molecule has 0 aliphatic carbocycles. The summed E-state index contributed by atoms with van der Waals surface area (Å²) in [4.78, 5) is 26.1. The van der Waals surface area contributed by atoms with Gasteiger partial charge in [-0.1, -0.05) is 11.6 Å². The van der Waals surface area contributed by atoms with Crippen LogP contribution in [0.2, 0.25) is 5.02 Å². The summed E-state index contributed by atoms with van der Waals surface area (Å²) in [6.45, 7) is 7.04. The largest absolute Gasteiger partial charge is 0.496 e. The van der Waals surface area contributed by atoms with Gasteiger partial charge in [0.15, 0.2) is 0 Å². The van der Waals surface area contributed by atoms with Crippen molar-refractivity contribution < 1.29 is 23.8 Å². The van der Waals surface area contributed by atoms with Crippen molar-refractivity contribution in [3.05, 3.63) is 28.8 Å². The van der Waals surface area contributed by atoms with Crippen LogP contribution in [-0.2, 0) is 9.47 Å². The average molecular weight is 384 g/mol. The van der Waals surface area contributed by atoms with Crippen LogP contribution in [-0.4, -0.2) is 49.4 Å². The van der Waals surface area contributed by atoms with Crippen molar-refractivity contribution in [1.82, 2.24) is 4.90 Å². The number of rotatable bonds is 4. The van der Waals surface area contributed by atoms with E-state index in [0.717, 1.165) is 12.8 Å². The zero-order valence-corrected chi connectivity index (χ0v) is 16.5. The van der Waals surface area contributed by atoms with Crippen LogP contribution in [0.5, 0.6) is 5.75 Å². The Kier molecular flexibility index (Phi) is 6.75. The molecule has 0 saturated carbocycles. The molecule has 1 heterocycles. The van der Waals surface area contributed by atoms with Gasteiger partial charge in [0, 0.05) is 18.1 Å². The van der Waals surface area contributed by atoms with Crippen molar-refractivity contribution in [2.75, 3.05) is 26.8 Å². The molecule has 0 aromatic heterocycles. The Balaban J connectivity index is 1.82. The van der Waals surface area contributed by atoms with Crippen LogP contribution in [0.3, 0.4) is 0 Å². The molecule has 2 rings (SSSR count). The van der Waals surface area contributed by atoms with E-state index < -0.39 is 11.6 Å². The molecule has 0 N–H and O–H groups in total. The van der Waals surface area contributed by atoms with E-state index >= 15 is 0 Å². The van der Waals surface area contributed by atoms with Crippen LogP contribution >= 0.6 is 11.6 Å². The summed E-state index contributed by atoms with van der Waals surface area (Å²) in [6.07, 6.45) is 1.23. The second-order valence-corrected chi connectivity index (χ2v) is 7.79. The highest BCUT2D eigenvalue weighted by atomic mass is 35.5. The van der Waals surface area contributed by atoms with Gasteiger partial charge < -0.3 is 19.1 Å². The molecule has 144 valence electrons. The molecule has 6 nitrogen and oxygen atoms in total. The van der Waals surface area contributed by atoms with E-state index in [1.54, 1.807) is 17.0 Å². The van der Waals surface area contributed by atoms with E-state index in [2.05, 4.69) is 0 Å². The minimum Gasteiger partial charge on any atom is -0.496 e. The van der Waals surface area contributed by atoms with Crippen molar-refractivity contribution in [1.29, 1.82) is 0 Å². The third-order valence-electron chi connectivity index (χ3n) is 4.10. The fraction of sp³-hybridized carbons (Fsp3) is 0.579. The SMILES string of the molecule is COc1ccc(Cl)cc1C(=O)OCC1CCN(C(=O)OC(C)(C)C)CC1. The minimum absolute atomic E-state index is 0.211. The van der Waals surface area contributed by atoms with Gasteiger partial charge in [-0.05, 0) is 57.7 Å². The number of methoxy groups -OCH3 is 1. The van der Waals surface area contributed by atoms with Gasteiger partial charge in [0.1, 0.15) is 16.9 Å². The molecule has 0 atom stereocenters. The molecule has 0 bridgehead atoms. The van der Waals surface area contributed by atoms with Crippen molar-refractivity contribution in [3.8, 4) is 5.75 Å². The van der Waals surface area contributed by atoms with Gasteiger partial charge in [0.2, 0.25) is 0 Å². The summed E-state index contributed by atoms with van der Waals surface area (Å²) >= 11 is 5.95. The fourth-order valence-corrected chi connectivity index (χ4v) is 2.89. The molecule has 1 aromatic carbocycles. The zero-order chi connectivity index (χ0) is 19.3. The fourth-order valence-electron chi connectivity index (χ4n) is 2.72. The van der Waals surface area contributed by atoms with Crippen LogP contribution in [0.4, 0.5) is 4.79 Å². The van der Waals surface area contributed by atoms with E-state index in [1.807, 2.05) is 20.8 Å². The number of halogens is 1. The molecule has 1 aromatic rings. The summed E-state index contributed by atoms with van der Waals surface area (Å²) in [6, 6.07) is 4.83. The first-order valence-corrected chi connectivity index (χ1v) is 9.06. The van der Waals surface area contributed by atoms with Crippen LogP contribution < -0.4 is 4.74 Å². The number of esters is 1. The molecule has 0 unspecified atom stereocenters. The Morgan fingerprint density at radius 2 is 1.88 bits per heavy atom. The van der Waals surface area contributed by atoms with Crippen molar-refractivity contribution in [3.63, 3.8) is 0 Å². The van der Waals surface area contributed by atoms with Crippen LogP contribution in [0.15, 0.2) is 18.2 Å². The minimum atomic E-state index is -0.501. The maximum Gasteiger partial charge on any atom is 0.410 e. The number of hydrogen-bond donors (Lipinski definition) is 0. The van der Waals surface area contributed by atoms with Gasteiger partial charge in [-0.25, -0.2) is 9.59 Å². The Morgan fingerprint density at radius 3 is 2.46 bits per heavy atom. The predicted octanol–water partition coefficient (Wildman–Crippen LogP) is 4.15. The van der Waals surface area contributed by atoms with Gasteiger partial charge >= 0.3 is 12.1 Å². The van der Waals surface area contributed by atoms with Gasteiger partial charge in [0.05, 0.1) is 13.7 Å². The molecule has 1 aliphatic rings. The lowest BCUT2D eigenvalue weighted by Gasteiger charge is -2.33. The highest BCUT2D eigenvalue weighted by Crippen LogP contribution is 2.25. The molecule has 7 heteroatoms. The summed E-state index contributed by atoms with van der Waals surface area (Å²) < 4.78 is 16.0. The third kappa shape index (κ3) is 5.80. The first-order valence-electron chi connectivity index (χ1n) is 8.68.